The first kappa shape index (κ1) is 28.2. The summed E-state index contributed by atoms with van der Waals surface area (Å²) in [7, 11) is 0. The van der Waals surface area contributed by atoms with Gasteiger partial charge in [-0.05, 0) is 90.8 Å². The van der Waals surface area contributed by atoms with E-state index in [0.717, 1.165) is 22.6 Å². The maximum atomic E-state index is 4.76. The van der Waals surface area contributed by atoms with Crippen LogP contribution in [0, 0.1) is 0 Å². The highest BCUT2D eigenvalue weighted by molar-refractivity contribution is 6.21. The highest BCUT2D eigenvalue weighted by atomic mass is 14.9. The normalized spacial score (nSPS) is 11.3. The van der Waals surface area contributed by atoms with E-state index < -0.39 is 0 Å². The Kier molecular flexibility index (Phi) is 7.59. The second-order valence-electron chi connectivity index (χ2n) is 11.7. The number of aliphatic imine (C=N–C) groups is 1. The minimum absolute atomic E-state index is 0.893. The lowest BCUT2D eigenvalue weighted by molar-refractivity contribution is 1.48. The summed E-state index contributed by atoms with van der Waals surface area (Å²) in [5.41, 5.74) is 11.3. The molecule has 8 rings (SSSR count). The van der Waals surface area contributed by atoms with Crippen LogP contribution in [-0.4, -0.2) is 6.21 Å². The van der Waals surface area contributed by atoms with Crippen molar-refractivity contribution in [3.63, 3.8) is 0 Å². The first-order chi connectivity index (χ1) is 23.3. The zero-order valence-corrected chi connectivity index (χ0v) is 25.8. The van der Waals surface area contributed by atoms with E-state index in [1.807, 2.05) is 42.6 Å². The summed E-state index contributed by atoms with van der Waals surface area (Å²) in [5, 5.41) is 8.61. The van der Waals surface area contributed by atoms with Gasteiger partial charge in [0.1, 0.15) is 0 Å². The number of fused-ring (bicyclic) bond motifs is 2. The molecule has 0 atom stereocenters. The summed E-state index contributed by atoms with van der Waals surface area (Å²) in [6, 6.07) is 64.3. The summed E-state index contributed by atoms with van der Waals surface area (Å²) in [6.45, 7) is 0. The van der Waals surface area contributed by atoms with Crippen molar-refractivity contribution in [1.29, 1.82) is 0 Å². The first-order valence-electron chi connectivity index (χ1n) is 16.0. The van der Waals surface area contributed by atoms with Gasteiger partial charge in [-0.2, -0.15) is 0 Å². The second-order valence-corrected chi connectivity index (χ2v) is 11.7. The lowest BCUT2D eigenvalue weighted by Crippen LogP contribution is -1.92. The molecule has 0 bridgehead atoms. The van der Waals surface area contributed by atoms with Gasteiger partial charge in [-0.1, -0.05) is 152 Å². The Bertz CT molecular complexity index is 2340. The molecule has 0 aliphatic heterocycles. The average Bonchev–Trinajstić information content (AvgIpc) is 3.14. The fraction of sp³-hybridized carbons (Fsp3) is 0. The second kappa shape index (κ2) is 12.6. The standard InChI is InChI=1S/C45H32N2/c1-4-14-32(15-5-1)31-46-42-22-12-13-23-43(42)47-37-27-24-33(25-28-37)36-26-29-40-41(30-36)45(35-18-8-3-9-19-35)39-21-11-10-20-38(39)44(40)34-16-6-2-7-17-34/h1-31,47H. The van der Waals surface area contributed by atoms with Gasteiger partial charge < -0.3 is 5.32 Å². The molecule has 8 aromatic rings. The van der Waals surface area contributed by atoms with Crippen LogP contribution in [-0.2, 0) is 0 Å². The lowest BCUT2D eigenvalue weighted by atomic mass is 9.85. The Morgan fingerprint density at radius 1 is 0.383 bits per heavy atom. The summed E-state index contributed by atoms with van der Waals surface area (Å²) in [5.74, 6) is 0. The summed E-state index contributed by atoms with van der Waals surface area (Å²) in [4.78, 5) is 4.76. The zero-order valence-electron chi connectivity index (χ0n) is 25.8. The van der Waals surface area contributed by atoms with E-state index in [9.17, 15) is 0 Å². The summed E-state index contributed by atoms with van der Waals surface area (Å²) < 4.78 is 0. The molecule has 2 nitrogen and oxygen atoms in total. The Morgan fingerprint density at radius 3 is 1.55 bits per heavy atom. The van der Waals surface area contributed by atoms with Crippen LogP contribution in [0.2, 0.25) is 0 Å². The molecule has 0 aromatic heterocycles. The molecule has 0 fully saturated rings. The molecule has 0 saturated heterocycles. The monoisotopic (exact) mass is 600 g/mol. The highest BCUT2D eigenvalue weighted by Gasteiger charge is 2.17. The molecule has 0 heterocycles. The smallest absolute Gasteiger partial charge is 0.0864 e. The van der Waals surface area contributed by atoms with Crippen molar-refractivity contribution in [3.8, 4) is 33.4 Å². The topological polar surface area (TPSA) is 24.4 Å². The van der Waals surface area contributed by atoms with Gasteiger partial charge in [-0.25, -0.2) is 0 Å². The molecule has 8 aromatic carbocycles. The molecule has 47 heavy (non-hydrogen) atoms. The van der Waals surface area contributed by atoms with E-state index in [-0.39, 0.29) is 0 Å². The van der Waals surface area contributed by atoms with Crippen LogP contribution in [0.15, 0.2) is 187 Å². The Balaban J connectivity index is 1.20. The van der Waals surface area contributed by atoms with Gasteiger partial charge in [0, 0.05) is 11.9 Å². The molecule has 222 valence electrons. The number of para-hydroxylation sites is 2. The van der Waals surface area contributed by atoms with E-state index in [1.165, 1.54) is 54.9 Å². The lowest BCUT2D eigenvalue weighted by Gasteiger charge is -2.18. The maximum absolute atomic E-state index is 4.76. The molecule has 0 radical (unpaired) electrons. The van der Waals surface area contributed by atoms with Gasteiger partial charge in [-0.3, -0.25) is 4.99 Å². The zero-order chi connectivity index (χ0) is 31.4. The van der Waals surface area contributed by atoms with Crippen LogP contribution in [0.3, 0.4) is 0 Å². The predicted octanol–water partition coefficient (Wildman–Crippen LogP) is 12.5. The number of hydrogen-bond donors (Lipinski definition) is 1. The van der Waals surface area contributed by atoms with Gasteiger partial charge >= 0.3 is 0 Å². The number of benzene rings is 8. The SMILES string of the molecule is C(=Nc1ccccc1Nc1ccc(-c2ccc3c(-c4ccccc4)c4ccccc4c(-c4ccccc4)c3c2)cc1)c1ccccc1. The van der Waals surface area contributed by atoms with Crippen molar-refractivity contribution in [2.45, 2.75) is 0 Å². The van der Waals surface area contributed by atoms with Gasteiger partial charge in [0.2, 0.25) is 0 Å². The number of hydrogen-bond acceptors (Lipinski definition) is 2. The number of anilines is 2. The average molecular weight is 601 g/mol. The number of nitrogens with zero attached hydrogens (tertiary/aromatic N) is 1. The molecule has 0 spiro atoms. The largest absolute Gasteiger partial charge is 0.354 e. The Morgan fingerprint density at radius 2 is 0.894 bits per heavy atom. The minimum Gasteiger partial charge on any atom is -0.354 e. The maximum Gasteiger partial charge on any atom is 0.0864 e. The summed E-state index contributed by atoms with van der Waals surface area (Å²) in [6.07, 6.45) is 1.90. The molecule has 0 aliphatic carbocycles. The van der Waals surface area contributed by atoms with Gasteiger partial charge in [0.05, 0.1) is 11.4 Å². The van der Waals surface area contributed by atoms with Gasteiger partial charge in [0.15, 0.2) is 0 Å². The first-order valence-corrected chi connectivity index (χ1v) is 16.0. The minimum atomic E-state index is 0.893. The van der Waals surface area contributed by atoms with E-state index in [2.05, 4.69) is 151 Å². The van der Waals surface area contributed by atoms with Gasteiger partial charge in [-0.15, -0.1) is 0 Å². The van der Waals surface area contributed by atoms with Crippen molar-refractivity contribution >= 4 is 44.8 Å². The third kappa shape index (κ3) is 5.69. The van der Waals surface area contributed by atoms with Gasteiger partial charge in [0.25, 0.3) is 0 Å². The molecule has 0 saturated carbocycles. The van der Waals surface area contributed by atoms with E-state index >= 15 is 0 Å². The third-order valence-corrected chi connectivity index (χ3v) is 8.70. The molecular formula is C45H32N2. The van der Waals surface area contributed by atoms with Crippen LogP contribution in [0.5, 0.6) is 0 Å². The van der Waals surface area contributed by atoms with E-state index in [1.54, 1.807) is 0 Å². The summed E-state index contributed by atoms with van der Waals surface area (Å²) >= 11 is 0. The Hall–Kier alpha value is -6.25. The van der Waals surface area contributed by atoms with Crippen molar-refractivity contribution in [2.75, 3.05) is 5.32 Å². The van der Waals surface area contributed by atoms with Crippen molar-refractivity contribution in [2.24, 2.45) is 4.99 Å². The van der Waals surface area contributed by atoms with Crippen molar-refractivity contribution < 1.29 is 0 Å². The number of rotatable bonds is 7. The molecule has 0 unspecified atom stereocenters. The van der Waals surface area contributed by atoms with Crippen molar-refractivity contribution in [3.05, 3.63) is 188 Å². The van der Waals surface area contributed by atoms with Crippen molar-refractivity contribution in [1.82, 2.24) is 0 Å². The van der Waals surface area contributed by atoms with E-state index in [4.69, 9.17) is 4.99 Å². The van der Waals surface area contributed by atoms with Crippen LogP contribution in [0.1, 0.15) is 5.56 Å². The highest BCUT2D eigenvalue weighted by Crippen LogP contribution is 2.44. The third-order valence-electron chi connectivity index (χ3n) is 8.70. The molecule has 2 heteroatoms. The van der Waals surface area contributed by atoms with Crippen LogP contribution < -0.4 is 5.32 Å². The van der Waals surface area contributed by atoms with Crippen LogP contribution >= 0.6 is 0 Å². The van der Waals surface area contributed by atoms with Crippen LogP contribution in [0.25, 0.3) is 54.9 Å². The quantitative estimate of drug-likeness (QED) is 0.143. The fourth-order valence-electron chi connectivity index (χ4n) is 6.47. The molecule has 0 aliphatic rings. The Labute approximate surface area is 275 Å². The van der Waals surface area contributed by atoms with E-state index in [0.29, 0.717) is 0 Å². The molecular weight excluding hydrogens is 569 g/mol. The predicted molar refractivity (Wildman–Crippen MR) is 201 cm³/mol. The molecule has 1 N–H and O–H groups in total. The fourth-order valence-corrected chi connectivity index (χ4v) is 6.47. The number of nitrogens with one attached hydrogen (secondary N) is 1. The van der Waals surface area contributed by atoms with Crippen LogP contribution in [0.4, 0.5) is 17.1 Å². The molecule has 0 amide bonds.